The average Bonchev–Trinajstić information content (AvgIpc) is 3.05. The fourth-order valence-electron chi connectivity index (χ4n) is 3.40. The molecule has 27 heavy (non-hydrogen) atoms. The summed E-state index contributed by atoms with van der Waals surface area (Å²) >= 11 is 0. The van der Waals surface area contributed by atoms with Crippen molar-refractivity contribution in [3.05, 3.63) is 36.0 Å². The second kappa shape index (κ2) is 7.00. The summed E-state index contributed by atoms with van der Waals surface area (Å²) in [4.78, 5) is 25.8. The Labute approximate surface area is 156 Å². The van der Waals surface area contributed by atoms with Crippen LogP contribution in [0.2, 0.25) is 0 Å². The van der Waals surface area contributed by atoms with Gasteiger partial charge < -0.3 is 14.2 Å². The number of fused-ring (bicyclic) bond motifs is 3. The fourth-order valence-corrected chi connectivity index (χ4v) is 3.40. The molecule has 1 aliphatic heterocycles. The SMILES string of the molecule is CN(C)CCOc1ccc2c(ccc3onc(C4CCC(=O)NC4=O)c32)c1. The van der Waals surface area contributed by atoms with Crippen LogP contribution in [-0.2, 0) is 9.59 Å². The molecule has 1 N–H and O–H groups in total. The summed E-state index contributed by atoms with van der Waals surface area (Å²) in [6.45, 7) is 1.44. The summed E-state index contributed by atoms with van der Waals surface area (Å²) in [6.07, 6.45) is 0.744. The molecule has 0 bridgehead atoms. The second-order valence-corrected chi connectivity index (χ2v) is 7.04. The predicted molar refractivity (Wildman–Crippen MR) is 101 cm³/mol. The van der Waals surface area contributed by atoms with E-state index in [2.05, 4.69) is 15.4 Å². The van der Waals surface area contributed by atoms with E-state index < -0.39 is 5.92 Å². The Morgan fingerprint density at radius 1 is 1.26 bits per heavy atom. The Balaban J connectivity index is 1.71. The van der Waals surface area contributed by atoms with Gasteiger partial charge in [-0.25, -0.2) is 0 Å². The van der Waals surface area contributed by atoms with Crippen molar-refractivity contribution in [2.45, 2.75) is 18.8 Å². The van der Waals surface area contributed by atoms with Gasteiger partial charge in [-0.05, 0) is 55.6 Å². The lowest BCUT2D eigenvalue weighted by Gasteiger charge is -2.19. The van der Waals surface area contributed by atoms with Crippen LogP contribution in [0.25, 0.3) is 21.7 Å². The summed E-state index contributed by atoms with van der Waals surface area (Å²) < 4.78 is 11.3. The van der Waals surface area contributed by atoms with Crippen molar-refractivity contribution >= 4 is 33.6 Å². The molecule has 1 aliphatic rings. The van der Waals surface area contributed by atoms with E-state index in [1.54, 1.807) is 0 Å². The summed E-state index contributed by atoms with van der Waals surface area (Å²) in [7, 11) is 4.01. The van der Waals surface area contributed by atoms with E-state index in [0.29, 0.717) is 30.7 Å². The van der Waals surface area contributed by atoms with Gasteiger partial charge in [0.2, 0.25) is 11.8 Å². The predicted octanol–water partition coefficient (Wildman–Crippen LogP) is 2.44. The lowest BCUT2D eigenvalue weighted by molar-refractivity contribution is -0.134. The van der Waals surface area contributed by atoms with Crippen molar-refractivity contribution in [3.8, 4) is 5.75 Å². The standard InChI is InChI=1S/C20H21N3O4/c1-23(2)9-10-26-13-4-5-14-12(11-13)3-7-16-18(14)19(22-27-16)15-6-8-17(24)21-20(15)25/h3-5,7,11,15H,6,8-10H2,1-2H3,(H,21,24,25). The summed E-state index contributed by atoms with van der Waals surface area (Å²) in [5.41, 5.74) is 1.21. The van der Waals surface area contributed by atoms with Gasteiger partial charge >= 0.3 is 0 Å². The van der Waals surface area contributed by atoms with Crippen molar-refractivity contribution in [2.24, 2.45) is 0 Å². The van der Waals surface area contributed by atoms with E-state index in [9.17, 15) is 9.59 Å². The number of benzene rings is 2. The number of rotatable bonds is 5. The van der Waals surface area contributed by atoms with Gasteiger partial charge in [0.15, 0.2) is 5.58 Å². The van der Waals surface area contributed by atoms with Crippen molar-refractivity contribution in [3.63, 3.8) is 0 Å². The lowest BCUT2D eigenvalue weighted by Crippen LogP contribution is -2.39. The second-order valence-electron chi connectivity index (χ2n) is 7.04. The smallest absolute Gasteiger partial charge is 0.235 e. The van der Waals surface area contributed by atoms with Gasteiger partial charge in [0.1, 0.15) is 18.1 Å². The maximum absolute atomic E-state index is 12.3. The fraction of sp³-hybridized carbons (Fsp3) is 0.350. The van der Waals surface area contributed by atoms with Gasteiger partial charge in [-0.1, -0.05) is 11.2 Å². The Morgan fingerprint density at radius 3 is 2.89 bits per heavy atom. The Kier molecular flexibility index (Phi) is 4.53. The molecule has 0 spiro atoms. The van der Waals surface area contributed by atoms with E-state index in [1.165, 1.54) is 0 Å². The highest BCUT2D eigenvalue weighted by atomic mass is 16.5. The first-order valence-electron chi connectivity index (χ1n) is 8.96. The van der Waals surface area contributed by atoms with Gasteiger partial charge in [-0.15, -0.1) is 0 Å². The molecule has 1 atom stereocenters. The number of nitrogens with one attached hydrogen (secondary N) is 1. The molecular formula is C20H21N3O4. The molecule has 7 heteroatoms. The largest absolute Gasteiger partial charge is 0.492 e. The van der Waals surface area contributed by atoms with Crippen molar-refractivity contribution in [1.29, 1.82) is 0 Å². The number of piperidine rings is 1. The van der Waals surface area contributed by atoms with Gasteiger partial charge in [0.25, 0.3) is 0 Å². The molecule has 2 heterocycles. The van der Waals surface area contributed by atoms with Crippen LogP contribution in [0, 0.1) is 0 Å². The molecule has 0 radical (unpaired) electrons. The number of imide groups is 1. The van der Waals surface area contributed by atoms with E-state index >= 15 is 0 Å². The molecule has 4 rings (SSSR count). The number of carbonyl (C=O) groups excluding carboxylic acids is 2. The molecule has 1 unspecified atom stereocenters. The average molecular weight is 367 g/mol. The molecule has 1 saturated heterocycles. The number of hydrogen-bond acceptors (Lipinski definition) is 6. The van der Waals surface area contributed by atoms with Crippen LogP contribution in [0.5, 0.6) is 5.75 Å². The number of ether oxygens (including phenoxy) is 1. The molecule has 2 aromatic carbocycles. The van der Waals surface area contributed by atoms with Crippen LogP contribution in [0.4, 0.5) is 0 Å². The van der Waals surface area contributed by atoms with Crippen LogP contribution >= 0.6 is 0 Å². The molecule has 1 fully saturated rings. The molecule has 0 saturated carbocycles. The number of nitrogens with zero attached hydrogens (tertiary/aromatic N) is 2. The van der Waals surface area contributed by atoms with Crippen molar-refractivity contribution in [1.82, 2.24) is 15.4 Å². The molecule has 0 aliphatic carbocycles. The molecule has 1 aromatic heterocycles. The monoisotopic (exact) mass is 367 g/mol. The van der Waals surface area contributed by atoms with Crippen LogP contribution in [-0.4, -0.2) is 49.1 Å². The van der Waals surface area contributed by atoms with Crippen molar-refractivity contribution in [2.75, 3.05) is 27.2 Å². The zero-order valence-electron chi connectivity index (χ0n) is 15.3. The maximum atomic E-state index is 12.3. The first-order chi connectivity index (χ1) is 13.0. The Morgan fingerprint density at radius 2 is 2.11 bits per heavy atom. The Bertz CT molecular complexity index is 1020. The first-order valence-corrected chi connectivity index (χ1v) is 8.96. The molecule has 3 aromatic rings. The number of amides is 2. The van der Waals surface area contributed by atoms with E-state index in [4.69, 9.17) is 9.26 Å². The minimum atomic E-state index is -0.481. The van der Waals surface area contributed by atoms with Gasteiger partial charge in [-0.2, -0.15) is 0 Å². The number of hydrogen-bond donors (Lipinski definition) is 1. The highest BCUT2D eigenvalue weighted by Gasteiger charge is 2.32. The van der Waals surface area contributed by atoms with Crippen LogP contribution in [0.3, 0.4) is 0 Å². The van der Waals surface area contributed by atoms with E-state index in [0.717, 1.165) is 28.5 Å². The minimum Gasteiger partial charge on any atom is -0.492 e. The highest BCUT2D eigenvalue weighted by molar-refractivity contribution is 6.10. The van der Waals surface area contributed by atoms with E-state index in [1.807, 2.05) is 44.4 Å². The third kappa shape index (κ3) is 3.38. The quantitative estimate of drug-likeness (QED) is 0.697. The van der Waals surface area contributed by atoms with Crippen molar-refractivity contribution < 1.29 is 18.8 Å². The van der Waals surface area contributed by atoms with Crippen LogP contribution in [0.1, 0.15) is 24.5 Å². The van der Waals surface area contributed by atoms with Gasteiger partial charge in [0, 0.05) is 13.0 Å². The first kappa shape index (κ1) is 17.5. The summed E-state index contributed by atoms with van der Waals surface area (Å²) in [5, 5.41) is 9.30. The zero-order chi connectivity index (χ0) is 19.0. The normalized spacial score (nSPS) is 17.7. The highest BCUT2D eigenvalue weighted by Crippen LogP contribution is 2.36. The third-order valence-electron chi connectivity index (χ3n) is 4.83. The van der Waals surface area contributed by atoms with Gasteiger partial charge in [0.05, 0.1) is 11.3 Å². The number of likely N-dealkylation sites (N-methyl/N-ethyl adjacent to an activating group) is 1. The topological polar surface area (TPSA) is 84.7 Å². The maximum Gasteiger partial charge on any atom is 0.235 e. The van der Waals surface area contributed by atoms with Gasteiger partial charge in [-0.3, -0.25) is 14.9 Å². The van der Waals surface area contributed by atoms with Crippen LogP contribution in [0.15, 0.2) is 34.9 Å². The van der Waals surface area contributed by atoms with E-state index in [-0.39, 0.29) is 11.8 Å². The molecule has 7 nitrogen and oxygen atoms in total. The summed E-state index contributed by atoms with van der Waals surface area (Å²) in [5.74, 6) is -0.246. The van der Waals surface area contributed by atoms with Crippen LogP contribution < -0.4 is 10.1 Å². The molecule has 140 valence electrons. The molecule has 2 amide bonds. The number of aromatic nitrogens is 1. The Hall–Kier alpha value is -2.93. The summed E-state index contributed by atoms with van der Waals surface area (Å²) in [6, 6.07) is 9.67. The zero-order valence-corrected chi connectivity index (χ0v) is 15.3. The lowest BCUT2D eigenvalue weighted by atomic mass is 9.91. The third-order valence-corrected chi connectivity index (χ3v) is 4.83. The molecular weight excluding hydrogens is 346 g/mol. The number of carbonyl (C=O) groups is 2. The minimum absolute atomic E-state index is 0.242.